The number of nitrogens with two attached hydrogens (primary N) is 1. The van der Waals surface area contributed by atoms with Crippen molar-refractivity contribution in [3.05, 3.63) is 0 Å². The van der Waals surface area contributed by atoms with Crippen LogP contribution in [0, 0.1) is 0 Å². The van der Waals surface area contributed by atoms with Gasteiger partial charge in [-0.15, -0.1) is 0 Å². The van der Waals surface area contributed by atoms with Crippen molar-refractivity contribution in [1.82, 2.24) is 5.32 Å². The molecule has 2 unspecified atom stereocenters. The first-order valence-corrected chi connectivity index (χ1v) is 6.18. The molecular weight excluding hydrogens is 204 g/mol. The maximum Gasteiger partial charge on any atom is 0.180 e. The zero-order chi connectivity index (χ0) is 12.6. The number of carbonyl (C=O) groups is 1. The number of unbranched alkanes of at least 4 members (excludes halogenated alkanes) is 1. The van der Waals surface area contributed by atoms with Gasteiger partial charge in [0.25, 0.3) is 0 Å². The first-order valence-electron chi connectivity index (χ1n) is 6.18. The Balaban J connectivity index is 3.80. The number of aliphatic hydroxyl groups is 1. The van der Waals surface area contributed by atoms with Crippen LogP contribution in [0.25, 0.3) is 0 Å². The van der Waals surface area contributed by atoms with Gasteiger partial charge in [-0.25, -0.2) is 0 Å². The van der Waals surface area contributed by atoms with E-state index in [2.05, 4.69) is 12.2 Å². The average Bonchev–Trinajstić information content (AvgIpc) is 2.27. The monoisotopic (exact) mass is 230 g/mol. The molecule has 0 spiro atoms. The zero-order valence-corrected chi connectivity index (χ0v) is 10.8. The summed E-state index contributed by atoms with van der Waals surface area (Å²) in [4.78, 5) is 11.7. The second-order valence-corrected chi connectivity index (χ2v) is 4.45. The number of Topliss-reactive ketones (excluding diaryl/α,β-unsaturated/α-hetero) is 1. The van der Waals surface area contributed by atoms with Gasteiger partial charge in [0.1, 0.15) is 5.60 Å². The Kier molecular flexibility index (Phi) is 7.55. The Hall–Kier alpha value is -0.450. The van der Waals surface area contributed by atoms with E-state index in [4.69, 9.17) is 5.73 Å². The fourth-order valence-electron chi connectivity index (χ4n) is 1.50. The second-order valence-electron chi connectivity index (χ2n) is 4.45. The SMILES string of the molecule is CCNCCCCC(N)C(=O)C(C)(O)CC. The molecule has 16 heavy (non-hydrogen) atoms. The highest BCUT2D eigenvalue weighted by Gasteiger charge is 2.31. The molecule has 0 aromatic carbocycles. The molecule has 4 N–H and O–H groups in total. The Bertz CT molecular complexity index is 205. The minimum Gasteiger partial charge on any atom is -0.382 e. The van der Waals surface area contributed by atoms with E-state index in [9.17, 15) is 9.90 Å². The van der Waals surface area contributed by atoms with Crippen LogP contribution in [0.4, 0.5) is 0 Å². The number of hydrogen-bond acceptors (Lipinski definition) is 4. The van der Waals surface area contributed by atoms with Crippen LogP contribution in [0.2, 0.25) is 0 Å². The third-order valence-corrected chi connectivity index (χ3v) is 2.92. The molecule has 0 aliphatic heterocycles. The minimum absolute atomic E-state index is 0.238. The molecule has 0 aromatic rings. The maximum atomic E-state index is 11.7. The van der Waals surface area contributed by atoms with Crippen molar-refractivity contribution >= 4 is 5.78 Å². The van der Waals surface area contributed by atoms with E-state index < -0.39 is 11.6 Å². The van der Waals surface area contributed by atoms with Crippen molar-refractivity contribution in [3.8, 4) is 0 Å². The average molecular weight is 230 g/mol. The Labute approximate surface area is 98.6 Å². The van der Waals surface area contributed by atoms with Crippen molar-refractivity contribution < 1.29 is 9.90 Å². The summed E-state index contributed by atoms with van der Waals surface area (Å²) in [5.41, 5.74) is 4.50. The van der Waals surface area contributed by atoms with Gasteiger partial charge in [0.05, 0.1) is 6.04 Å². The summed E-state index contributed by atoms with van der Waals surface area (Å²) >= 11 is 0. The number of nitrogens with one attached hydrogen (secondary N) is 1. The van der Waals surface area contributed by atoms with Gasteiger partial charge in [-0.3, -0.25) is 4.79 Å². The molecular formula is C12H26N2O2. The molecule has 0 radical (unpaired) electrons. The summed E-state index contributed by atoms with van der Waals surface area (Å²) in [6.07, 6.45) is 3.00. The molecule has 96 valence electrons. The molecule has 0 aliphatic rings. The number of carbonyl (C=O) groups excluding carboxylic acids is 1. The molecule has 2 atom stereocenters. The Morgan fingerprint density at radius 1 is 1.44 bits per heavy atom. The van der Waals surface area contributed by atoms with Crippen molar-refractivity contribution in [3.63, 3.8) is 0 Å². The van der Waals surface area contributed by atoms with E-state index in [0.29, 0.717) is 12.8 Å². The van der Waals surface area contributed by atoms with Gasteiger partial charge in [-0.05, 0) is 39.3 Å². The third-order valence-electron chi connectivity index (χ3n) is 2.92. The fraction of sp³-hybridized carbons (Fsp3) is 0.917. The van der Waals surface area contributed by atoms with Crippen LogP contribution in [-0.2, 0) is 4.79 Å². The quantitative estimate of drug-likeness (QED) is 0.513. The second kappa shape index (κ2) is 7.76. The summed E-state index contributed by atoms with van der Waals surface area (Å²) in [6, 6.07) is -0.531. The van der Waals surface area contributed by atoms with Gasteiger partial charge in [0.15, 0.2) is 5.78 Å². The van der Waals surface area contributed by atoms with Crippen LogP contribution in [-0.4, -0.2) is 35.6 Å². The van der Waals surface area contributed by atoms with Gasteiger partial charge in [0, 0.05) is 0 Å². The molecule has 0 heterocycles. The maximum absolute atomic E-state index is 11.7. The summed E-state index contributed by atoms with van der Waals surface area (Å²) in [5, 5.41) is 13.0. The smallest absolute Gasteiger partial charge is 0.180 e. The van der Waals surface area contributed by atoms with Crippen molar-refractivity contribution in [2.45, 2.75) is 58.1 Å². The van der Waals surface area contributed by atoms with Crippen LogP contribution in [0.1, 0.15) is 46.5 Å². The standard InChI is InChI=1S/C12H26N2O2/c1-4-12(3,16)11(15)10(13)8-6-7-9-14-5-2/h10,14,16H,4-9,13H2,1-3H3. The minimum atomic E-state index is -1.26. The van der Waals surface area contributed by atoms with E-state index in [1.165, 1.54) is 6.92 Å². The molecule has 4 heteroatoms. The van der Waals surface area contributed by atoms with Gasteiger partial charge < -0.3 is 16.2 Å². The van der Waals surface area contributed by atoms with Gasteiger partial charge in [-0.2, -0.15) is 0 Å². The Morgan fingerprint density at radius 3 is 2.56 bits per heavy atom. The molecule has 0 fully saturated rings. The number of rotatable bonds is 9. The first-order chi connectivity index (χ1) is 7.45. The summed E-state index contributed by atoms with van der Waals surface area (Å²) in [6.45, 7) is 7.31. The lowest BCUT2D eigenvalue weighted by Crippen LogP contribution is -2.46. The predicted molar refractivity (Wildman–Crippen MR) is 66.3 cm³/mol. The molecule has 0 rings (SSSR count). The summed E-state index contributed by atoms with van der Waals surface area (Å²) in [5.74, 6) is -0.238. The van der Waals surface area contributed by atoms with Crippen molar-refractivity contribution in [1.29, 1.82) is 0 Å². The molecule has 0 aromatic heterocycles. The predicted octanol–water partition coefficient (Wildman–Crippen LogP) is 0.824. The van der Waals surface area contributed by atoms with Crippen molar-refractivity contribution in [2.24, 2.45) is 5.73 Å². The third kappa shape index (κ3) is 5.58. The normalized spacial score (nSPS) is 16.8. The lowest BCUT2D eigenvalue weighted by atomic mass is 9.90. The zero-order valence-electron chi connectivity index (χ0n) is 10.8. The summed E-state index contributed by atoms with van der Waals surface area (Å²) < 4.78 is 0. The highest BCUT2D eigenvalue weighted by atomic mass is 16.3. The van der Waals surface area contributed by atoms with Crippen LogP contribution in [0.5, 0.6) is 0 Å². The van der Waals surface area contributed by atoms with Crippen molar-refractivity contribution in [2.75, 3.05) is 13.1 Å². The molecule has 4 nitrogen and oxygen atoms in total. The van der Waals surface area contributed by atoms with E-state index in [0.717, 1.165) is 25.9 Å². The molecule has 0 saturated heterocycles. The van der Waals surface area contributed by atoms with Gasteiger partial charge >= 0.3 is 0 Å². The highest BCUT2D eigenvalue weighted by Crippen LogP contribution is 2.14. The fourth-order valence-corrected chi connectivity index (χ4v) is 1.50. The summed E-state index contributed by atoms with van der Waals surface area (Å²) in [7, 11) is 0. The number of hydrogen-bond donors (Lipinski definition) is 3. The first kappa shape index (κ1) is 15.6. The largest absolute Gasteiger partial charge is 0.382 e. The molecule has 0 amide bonds. The Morgan fingerprint density at radius 2 is 2.06 bits per heavy atom. The van der Waals surface area contributed by atoms with E-state index in [1.54, 1.807) is 6.92 Å². The van der Waals surface area contributed by atoms with Crippen LogP contribution in [0.3, 0.4) is 0 Å². The van der Waals surface area contributed by atoms with E-state index >= 15 is 0 Å². The lowest BCUT2D eigenvalue weighted by molar-refractivity contribution is -0.137. The number of ketones is 1. The van der Waals surface area contributed by atoms with E-state index in [1.807, 2.05) is 0 Å². The molecule has 0 saturated carbocycles. The topological polar surface area (TPSA) is 75.3 Å². The van der Waals surface area contributed by atoms with Crippen LogP contribution in [0.15, 0.2) is 0 Å². The molecule has 0 bridgehead atoms. The lowest BCUT2D eigenvalue weighted by Gasteiger charge is -2.23. The van der Waals surface area contributed by atoms with Gasteiger partial charge in [0.2, 0.25) is 0 Å². The van der Waals surface area contributed by atoms with Crippen LogP contribution < -0.4 is 11.1 Å². The van der Waals surface area contributed by atoms with Gasteiger partial charge in [-0.1, -0.05) is 20.3 Å². The molecule has 0 aliphatic carbocycles. The van der Waals surface area contributed by atoms with Crippen LogP contribution >= 0.6 is 0 Å². The van der Waals surface area contributed by atoms with E-state index in [-0.39, 0.29) is 5.78 Å². The highest BCUT2D eigenvalue weighted by molar-refractivity contribution is 5.91.